The fourth-order valence-corrected chi connectivity index (χ4v) is 3.76. The SMILES string of the molecule is CCC1Oc2cc(C(C)NCc3cc(C)nc4ccccc34)ccc2NC1=O.O=C(O)/C=C/C(=O)O. The molecule has 9 heteroatoms. The van der Waals surface area contributed by atoms with Gasteiger partial charge >= 0.3 is 11.9 Å². The van der Waals surface area contributed by atoms with Crippen LogP contribution in [0.3, 0.4) is 0 Å². The van der Waals surface area contributed by atoms with E-state index in [4.69, 9.17) is 14.9 Å². The lowest BCUT2D eigenvalue weighted by Crippen LogP contribution is -2.36. The van der Waals surface area contributed by atoms with Gasteiger partial charge in [-0.15, -0.1) is 0 Å². The van der Waals surface area contributed by atoms with Gasteiger partial charge in [0, 0.05) is 35.8 Å². The van der Waals surface area contributed by atoms with Crippen LogP contribution in [0.4, 0.5) is 5.69 Å². The van der Waals surface area contributed by atoms with Crippen LogP contribution in [0.15, 0.2) is 60.7 Å². The van der Waals surface area contributed by atoms with Crippen LogP contribution in [0.25, 0.3) is 10.9 Å². The zero-order valence-electron chi connectivity index (χ0n) is 20.3. The van der Waals surface area contributed by atoms with Crippen LogP contribution >= 0.6 is 0 Å². The Bertz CT molecular complexity index is 1290. The van der Waals surface area contributed by atoms with Crippen LogP contribution in [0, 0.1) is 6.92 Å². The summed E-state index contributed by atoms with van der Waals surface area (Å²) in [5.41, 5.74) is 5.14. The Labute approximate surface area is 208 Å². The number of anilines is 1. The molecule has 0 bridgehead atoms. The Hall–Kier alpha value is -4.24. The molecule has 2 heterocycles. The van der Waals surface area contributed by atoms with Crippen molar-refractivity contribution in [3.05, 3.63) is 77.5 Å². The molecule has 0 saturated heterocycles. The Morgan fingerprint density at radius 1 is 1.14 bits per heavy atom. The molecule has 4 rings (SSSR count). The van der Waals surface area contributed by atoms with Crippen LogP contribution in [-0.2, 0) is 20.9 Å². The minimum atomic E-state index is -1.26. The van der Waals surface area contributed by atoms with Gasteiger partial charge in [-0.1, -0.05) is 31.2 Å². The summed E-state index contributed by atoms with van der Waals surface area (Å²) < 4.78 is 5.87. The first-order chi connectivity index (χ1) is 17.2. The van der Waals surface area contributed by atoms with E-state index in [9.17, 15) is 14.4 Å². The third kappa shape index (κ3) is 6.89. The Kier molecular flexibility index (Phi) is 8.75. The number of rotatable bonds is 7. The number of carbonyl (C=O) groups excluding carboxylic acids is 1. The van der Waals surface area contributed by atoms with Crippen molar-refractivity contribution in [3.63, 3.8) is 0 Å². The number of ether oxygens (including phenoxy) is 1. The molecule has 2 atom stereocenters. The van der Waals surface area contributed by atoms with Crippen molar-refractivity contribution in [1.29, 1.82) is 0 Å². The summed E-state index contributed by atoms with van der Waals surface area (Å²) >= 11 is 0. The van der Waals surface area contributed by atoms with Gasteiger partial charge in [-0.2, -0.15) is 0 Å². The van der Waals surface area contributed by atoms with Crippen LogP contribution in [0.1, 0.15) is 43.1 Å². The van der Waals surface area contributed by atoms with Crippen LogP contribution < -0.4 is 15.4 Å². The normalized spacial score (nSPS) is 15.3. The van der Waals surface area contributed by atoms with E-state index < -0.39 is 18.0 Å². The number of carbonyl (C=O) groups is 3. The maximum absolute atomic E-state index is 11.9. The molecule has 1 amide bonds. The minimum absolute atomic E-state index is 0.0751. The van der Waals surface area contributed by atoms with Crippen molar-refractivity contribution in [3.8, 4) is 5.75 Å². The van der Waals surface area contributed by atoms with E-state index in [0.29, 0.717) is 18.6 Å². The number of aliphatic carboxylic acids is 2. The number of hydrogen-bond donors (Lipinski definition) is 4. The third-order valence-electron chi connectivity index (χ3n) is 5.59. The first-order valence-electron chi connectivity index (χ1n) is 11.5. The third-order valence-corrected chi connectivity index (χ3v) is 5.59. The van der Waals surface area contributed by atoms with E-state index in [-0.39, 0.29) is 11.9 Å². The highest BCUT2D eigenvalue weighted by atomic mass is 16.5. The number of nitrogens with zero attached hydrogens (tertiary/aromatic N) is 1. The van der Waals surface area contributed by atoms with E-state index in [1.807, 2.05) is 44.2 Å². The number of amides is 1. The monoisotopic (exact) mass is 491 g/mol. The lowest BCUT2D eigenvalue weighted by atomic mass is 10.0. The zero-order chi connectivity index (χ0) is 26.2. The summed E-state index contributed by atoms with van der Waals surface area (Å²) in [6.45, 7) is 6.86. The molecule has 3 aromatic rings. The maximum Gasteiger partial charge on any atom is 0.328 e. The molecule has 2 unspecified atom stereocenters. The molecule has 0 fully saturated rings. The van der Waals surface area contributed by atoms with Crippen molar-refractivity contribution in [2.45, 2.75) is 45.9 Å². The molecule has 0 radical (unpaired) electrons. The smallest absolute Gasteiger partial charge is 0.328 e. The Morgan fingerprint density at radius 3 is 2.50 bits per heavy atom. The number of para-hydroxylation sites is 1. The standard InChI is InChI=1S/C23H25N3O2.C4H4O4/c1-4-21-23(27)26-20-10-9-16(12-22(20)28-21)15(3)24-13-17-11-14(2)25-19-8-6-5-7-18(17)19;5-3(6)1-2-4(7)8/h5-12,15,21,24H,4,13H2,1-3H3,(H,26,27);1-2H,(H,5,6)(H,7,8)/b;2-1+. The highest BCUT2D eigenvalue weighted by Gasteiger charge is 2.26. The van der Waals surface area contributed by atoms with E-state index in [2.05, 4.69) is 40.7 Å². The maximum atomic E-state index is 11.9. The largest absolute Gasteiger partial charge is 0.478 e. The van der Waals surface area contributed by atoms with Crippen LogP contribution in [0.5, 0.6) is 5.75 Å². The fourth-order valence-electron chi connectivity index (χ4n) is 3.76. The van der Waals surface area contributed by atoms with Gasteiger partial charge in [-0.3, -0.25) is 9.78 Å². The molecule has 1 aliphatic heterocycles. The van der Waals surface area contributed by atoms with Crippen molar-refractivity contribution < 1.29 is 29.3 Å². The lowest BCUT2D eigenvalue weighted by molar-refractivity contribution is -0.134. The van der Waals surface area contributed by atoms with Gasteiger partial charge in [0.15, 0.2) is 6.10 Å². The summed E-state index contributed by atoms with van der Waals surface area (Å²) in [6.07, 6.45) is 1.35. The minimum Gasteiger partial charge on any atom is -0.478 e. The molecule has 36 heavy (non-hydrogen) atoms. The first kappa shape index (κ1) is 26.4. The van der Waals surface area contributed by atoms with Crippen molar-refractivity contribution in [1.82, 2.24) is 10.3 Å². The van der Waals surface area contributed by atoms with E-state index in [1.165, 1.54) is 10.9 Å². The van der Waals surface area contributed by atoms with Gasteiger partial charge in [0.2, 0.25) is 0 Å². The topological polar surface area (TPSA) is 138 Å². The molecule has 1 aliphatic rings. The fraction of sp³-hybridized carbons (Fsp3) is 0.259. The summed E-state index contributed by atoms with van der Waals surface area (Å²) in [4.78, 5) is 35.7. The molecular formula is C27H29N3O6. The van der Waals surface area contributed by atoms with Crippen molar-refractivity contribution in [2.75, 3.05) is 5.32 Å². The predicted octanol–water partition coefficient (Wildman–Crippen LogP) is 4.22. The second kappa shape index (κ2) is 11.9. The second-order valence-electron chi connectivity index (χ2n) is 8.31. The van der Waals surface area contributed by atoms with Gasteiger partial charge in [0.25, 0.3) is 5.91 Å². The summed E-state index contributed by atoms with van der Waals surface area (Å²) in [7, 11) is 0. The zero-order valence-corrected chi connectivity index (χ0v) is 20.3. The van der Waals surface area contributed by atoms with Gasteiger partial charge < -0.3 is 25.6 Å². The Morgan fingerprint density at radius 2 is 1.83 bits per heavy atom. The van der Waals surface area contributed by atoms with Gasteiger partial charge in [-0.05, 0) is 55.7 Å². The molecule has 2 aromatic carbocycles. The van der Waals surface area contributed by atoms with Gasteiger partial charge in [0.1, 0.15) is 5.75 Å². The number of carboxylic acid groups (broad SMARTS) is 2. The van der Waals surface area contributed by atoms with Crippen molar-refractivity contribution in [2.24, 2.45) is 0 Å². The number of nitrogens with one attached hydrogen (secondary N) is 2. The van der Waals surface area contributed by atoms with Crippen LogP contribution in [-0.4, -0.2) is 39.1 Å². The van der Waals surface area contributed by atoms with E-state index in [1.54, 1.807) is 0 Å². The summed E-state index contributed by atoms with van der Waals surface area (Å²) in [5.74, 6) is -1.85. The number of carboxylic acids is 2. The van der Waals surface area contributed by atoms with Crippen LogP contribution in [0.2, 0.25) is 0 Å². The number of benzene rings is 2. The second-order valence-corrected chi connectivity index (χ2v) is 8.31. The highest BCUT2D eigenvalue weighted by Crippen LogP contribution is 2.33. The molecule has 0 saturated carbocycles. The molecular weight excluding hydrogens is 462 g/mol. The summed E-state index contributed by atoms with van der Waals surface area (Å²) in [6, 6.07) is 16.5. The number of fused-ring (bicyclic) bond motifs is 2. The highest BCUT2D eigenvalue weighted by molar-refractivity contribution is 5.97. The van der Waals surface area contributed by atoms with Crippen molar-refractivity contribution >= 4 is 34.4 Å². The molecule has 188 valence electrons. The van der Waals surface area contributed by atoms with E-state index in [0.717, 1.165) is 34.8 Å². The predicted molar refractivity (Wildman–Crippen MR) is 136 cm³/mol. The molecule has 0 spiro atoms. The average molecular weight is 492 g/mol. The molecule has 0 aliphatic carbocycles. The quantitative estimate of drug-likeness (QED) is 0.361. The number of aromatic nitrogens is 1. The number of pyridine rings is 1. The average Bonchev–Trinajstić information content (AvgIpc) is 2.85. The Balaban J connectivity index is 0.000000392. The lowest BCUT2D eigenvalue weighted by Gasteiger charge is -2.26. The molecule has 9 nitrogen and oxygen atoms in total. The van der Waals surface area contributed by atoms with Gasteiger partial charge in [-0.25, -0.2) is 9.59 Å². The molecule has 4 N–H and O–H groups in total. The van der Waals surface area contributed by atoms with Gasteiger partial charge in [0.05, 0.1) is 11.2 Å². The van der Waals surface area contributed by atoms with E-state index >= 15 is 0 Å². The number of aryl methyl sites for hydroxylation is 1. The summed E-state index contributed by atoms with van der Waals surface area (Å²) in [5, 5.41) is 23.3. The number of hydrogen-bond acceptors (Lipinski definition) is 6. The molecule has 1 aromatic heterocycles. The first-order valence-corrected chi connectivity index (χ1v) is 11.5.